The Bertz CT molecular complexity index is 748. The minimum absolute atomic E-state index is 0.0834. The fraction of sp³-hybridized carbons (Fsp3) is 0.316. The third kappa shape index (κ3) is 3.62. The van der Waals surface area contributed by atoms with Gasteiger partial charge in [-0.3, -0.25) is 4.79 Å². The number of carbonyl (C=O) groups excluding carboxylic acids is 1. The summed E-state index contributed by atoms with van der Waals surface area (Å²) >= 11 is 0. The zero-order valence-corrected chi connectivity index (χ0v) is 14.2. The maximum absolute atomic E-state index is 12.2. The molecule has 2 N–H and O–H groups in total. The van der Waals surface area contributed by atoms with Crippen LogP contribution in [0.1, 0.15) is 16.7 Å². The first-order valence-electron chi connectivity index (χ1n) is 8.04. The smallest absolute Gasteiger partial charge is 0.243 e. The highest BCUT2D eigenvalue weighted by atomic mass is 16.6. The van der Waals surface area contributed by atoms with Crippen molar-refractivity contribution in [1.29, 1.82) is 0 Å². The van der Waals surface area contributed by atoms with Gasteiger partial charge >= 0.3 is 0 Å². The number of fused-ring (bicyclic) bond motifs is 1. The van der Waals surface area contributed by atoms with Crippen molar-refractivity contribution in [3.05, 3.63) is 47.0 Å². The summed E-state index contributed by atoms with van der Waals surface area (Å²) in [6, 6.07) is 9.71. The molecule has 24 heavy (non-hydrogen) atoms. The van der Waals surface area contributed by atoms with E-state index in [1.807, 2.05) is 32.0 Å². The molecule has 2 aromatic rings. The average molecular weight is 326 g/mol. The van der Waals surface area contributed by atoms with Crippen molar-refractivity contribution in [2.45, 2.75) is 20.8 Å². The predicted octanol–water partition coefficient (Wildman–Crippen LogP) is 3.43. The lowest BCUT2D eigenvalue weighted by molar-refractivity contribution is -0.114. The number of carbonyl (C=O) groups is 1. The number of amides is 1. The molecule has 1 amide bonds. The van der Waals surface area contributed by atoms with Gasteiger partial charge < -0.3 is 20.1 Å². The Labute approximate surface area is 142 Å². The molecule has 1 aliphatic heterocycles. The number of nitrogens with one attached hydrogen (secondary N) is 2. The molecule has 2 aromatic carbocycles. The van der Waals surface area contributed by atoms with Crippen LogP contribution in [0.5, 0.6) is 11.5 Å². The van der Waals surface area contributed by atoms with E-state index in [1.165, 1.54) is 5.56 Å². The highest BCUT2D eigenvalue weighted by Crippen LogP contribution is 2.32. The van der Waals surface area contributed by atoms with Gasteiger partial charge in [0.25, 0.3) is 0 Å². The lowest BCUT2D eigenvalue weighted by atomic mass is 10.1. The van der Waals surface area contributed by atoms with Crippen LogP contribution in [0.2, 0.25) is 0 Å². The summed E-state index contributed by atoms with van der Waals surface area (Å²) in [5.74, 6) is 1.36. The highest BCUT2D eigenvalue weighted by molar-refractivity contribution is 5.95. The van der Waals surface area contributed by atoms with Crippen molar-refractivity contribution < 1.29 is 14.3 Å². The standard InChI is InChI=1S/C19H22N2O3/c1-12-8-13(2)19(14(3)9-12)21-18(22)11-20-15-4-5-16-17(10-15)24-7-6-23-16/h4-5,8-10,20H,6-7,11H2,1-3H3,(H,21,22). The Kier molecular flexibility index (Phi) is 4.60. The highest BCUT2D eigenvalue weighted by Gasteiger charge is 2.12. The van der Waals surface area contributed by atoms with Crippen LogP contribution in [0.15, 0.2) is 30.3 Å². The van der Waals surface area contributed by atoms with Gasteiger partial charge in [-0.1, -0.05) is 17.7 Å². The summed E-state index contributed by atoms with van der Waals surface area (Å²) in [7, 11) is 0. The van der Waals surface area contributed by atoms with Crippen molar-refractivity contribution >= 4 is 17.3 Å². The quantitative estimate of drug-likeness (QED) is 0.904. The summed E-state index contributed by atoms with van der Waals surface area (Å²) < 4.78 is 11.0. The molecule has 1 heterocycles. The van der Waals surface area contributed by atoms with Crippen molar-refractivity contribution in [1.82, 2.24) is 0 Å². The second-order valence-corrected chi connectivity index (χ2v) is 6.03. The van der Waals surface area contributed by atoms with E-state index in [2.05, 4.69) is 29.7 Å². The van der Waals surface area contributed by atoms with E-state index in [4.69, 9.17) is 9.47 Å². The van der Waals surface area contributed by atoms with Crippen LogP contribution >= 0.6 is 0 Å². The second kappa shape index (κ2) is 6.83. The molecule has 1 aliphatic rings. The van der Waals surface area contributed by atoms with Crippen LogP contribution in [0.25, 0.3) is 0 Å². The maximum atomic E-state index is 12.2. The van der Waals surface area contributed by atoms with E-state index >= 15 is 0 Å². The Balaban J connectivity index is 1.62. The minimum Gasteiger partial charge on any atom is -0.486 e. The monoisotopic (exact) mass is 326 g/mol. The van der Waals surface area contributed by atoms with E-state index in [0.717, 1.165) is 28.3 Å². The third-order valence-electron chi connectivity index (χ3n) is 3.94. The number of ether oxygens (including phenoxy) is 2. The van der Waals surface area contributed by atoms with Crippen LogP contribution in [-0.2, 0) is 4.79 Å². The van der Waals surface area contributed by atoms with Crippen molar-refractivity contribution in [2.75, 3.05) is 30.4 Å². The van der Waals surface area contributed by atoms with Gasteiger partial charge in [-0.2, -0.15) is 0 Å². The van der Waals surface area contributed by atoms with Crippen molar-refractivity contribution in [2.24, 2.45) is 0 Å². The fourth-order valence-corrected chi connectivity index (χ4v) is 2.90. The molecule has 0 radical (unpaired) electrons. The molecule has 0 saturated carbocycles. The van der Waals surface area contributed by atoms with Gasteiger partial charge in [0, 0.05) is 17.4 Å². The normalized spacial score (nSPS) is 12.6. The van der Waals surface area contributed by atoms with E-state index in [-0.39, 0.29) is 12.5 Å². The molecule has 0 bridgehead atoms. The molecular formula is C19H22N2O3. The molecule has 0 fully saturated rings. The molecule has 0 aliphatic carbocycles. The fourth-order valence-electron chi connectivity index (χ4n) is 2.90. The number of hydrogen-bond acceptors (Lipinski definition) is 4. The number of benzene rings is 2. The van der Waals surface area contributed by atoms with Gasteiger partial charge in [-0.05, 0) is 44.0 Å². The third-order valence-corrected chi connectivity index (χ3v) is 3.94. The van der Waals surface area contributed by atoms with E-state index in [1.54, 1.807) is 0 Å². The second-order valence-electron chi connectivity index (χ2n) is 6.03. The number of rotatable bonds is 4. The topological polar surface area (TPSA) is 59.6 Å². The van der Waals surface area contributed by atoms with Crippen molar-refractivity contribution in [3.63, 3.8) is 0 Å². The average Bonchev–Trinajstić information content (AvgIpc) is 2.56. The first-order chi connectivity index (χ1) is 11.5. The first kappa shape index (κ1) is 16.2. The first-order valence-corrected chi connectivity index (χ1v) is 8.04. The molecular weight excluding hydrogens is 304 g/mol. The van der Waals surface area contributed by atoms with Gasteiger partial charge in [0.2, 0.25) is 5.91 Å². The zero-order valence-electron chi connectivity index (χ0n) is 14.2. The largest absolute Gasteiger partial charge is 0.486 e. The minimum atomic E-state index is -0.0834. The zero-order chi connectivity index (χ0) is 17.1. The summed E-state index contributed by atoms with van der Waals surface area (Å²) in [5, 5.41) is 6.10. The molecule has 126 valence electrons. The van der Waals surface area contributed by atoms with Crippen LogP contribution in [0.3, 0.4) is 0 Å². The number of aryl methyl sites for hydroxylation is 3. The molecule has 3 rings (SSSR count). The predicted molar refractivity (Wildman–Crippen MR) is 95.2 cm³/mol. The number of anilines is 2. The molecule has 0 saturated heterocycles. The SMILES string of the molecule is Cc1cc(C)c(NC(=O)CNc2ccc3c(c2)OCCO3)c(C)c1. The maximum Gasteiger partial charge on any atom is 0.243 e. The van der Waals surface area contributed by atoms with Gasteiger partial charge in [0.05, 0.1) is 6.54 Å². The van der Waals surface area contributed by atoms with Gasteiger partial charge in [0.15, 0.2) is 11.5 Å². The summed E-state index contributed by atoms with van der Waals surface area (Å²) in [6.07, 6.45) is 0. The van der Waals surface area contributed by atoms with E-state index in [0.29, 0.717) is 19.0 Å². The van der Waals surface area contributed by atoms with E-state index < -0.39 is 0 Å². The molecule has 0 atom stereocenters. The molecule has 0 aromatic heterocycles. The van der Waals surface area contributed by atoms with Crippen LogP contribution in [0, 0.1) is 20.8 Å². The molecule has 5 heteroatoms. The summed E-state index contributed by atoms with van der Waals surface area (Å²) in [5.41, 5.74) is 5.04. The van der Waals surface area contributed by atoms with Gasteiger partial charge in [0.1, 0.15) is 13.2 Å². The van der Waals surface area contributed by atoms with Gasteiger partial charge in [-0.25, -0.2) is 0 Å². The van der Waals surface area contributed by atoms with Gasteiger partial charge in [-0.15, -0.1) is 0 Å². The van der Waals surface area contributed by atoms with Crippen molar-refractivity contribution in [3.8, 4) is 11.5 Å². The Hall–Kier alpha value is -2.69. The van der Waals surface area contributed by atoms with Crippen LogP contribution in [0.4, 0.5) is 11.4 Å². The molecule has 5 nitrogen and oxygen atoms in total. The number of hydrogen-bond donors (Lipinski definition) is 2. The van der Waals surface area contributed by atoms with Crippen LogP contribution < -0.4 is 20.1 Å². The molecule has 0 spiro atoms. The van der Waals surface area contributed by atoms with E-state index in [9.17, 15) is 4.79 Å². The summed E-state index contributed by atoms with van der Waals surface area (Å²) in [6.45, 7) is 7.36. The lowest BCUT2D eigenvalue weighted by Crippen LogP contribution is -2.23. The Morgan fingerprint density at radius 3 is 2.38 bits per heavy atom. The Morgan fingerprint density at radius 1 is 1.00 bits per heavy atom. The molecule has 0 unspecified atom stereocenters. The lowest BCUT2D eigenvalue weighted by Gasteiger charge is -2.19. The van der Waals surface area contributed by atoms with Crippen LogP contribution in [-0.4, -0.2) is 25.7 Å². The summed E-state index contributed by atoms with van der Waals surface area (Å²) in [4.78, 5) is 12.2. The Morgan fingerprint density at radius 2 is 1.67 bits per heavy atom.